The lowest BCUT2D eigenvalue weighted by Crippen LogP contribution is -2.23. The van der Waals surface area contributed by atoms with Gasteiger partial charge in [0.25, 0.3) is 5.91 Å². The number of thioether (sulfide) groups is 1. The van der Waals surface area contributed by atoms with E-state index in [1.165, 1.54) is 19.1 Å². The monoisotopic (exact) mass is 334 g/mol. The van der Waals surface area contributed by atoms with Crippen LogP contribution >= 0.6 is 11.8 Å². The molecule has 1 aliphatic rings. The van der Waals surface area contributed by atoms with Gasteiger partial charge in [0, 0.05) is 13.1 Å². The van der Waals surface area contributed by atoms with E-state index in [0.717, 1.165) is 17.8 Å². The van der Waals surface area contributed by atoms with Crippen LogP contribution in [0.5, 0.6) is 0 Å². The maximum absolute atomic E-state index is 12.0. The fourth-order valence-electron chi connectivity index (χ4n) is 1.72. The van der Waals surface area contributed by atoms with E-state index in [4.69, 9.17) is 0 Å². The number of esters is 2. The molecule has 2 rings (SSSR count). The van der Waals surface area contributed by atoms with Gasteiger partial charge in [-0.2, -0.15) is 0 Å². The molecule has 0 unspecified atom stereocenters. The number of carbonyl (C=O) groups is 3. The first-order valence-corrected chi connectivity index (χ1v) is 7.30. The number of benzene rings is 1. The largest absolute Gasteiger partial charge is 0.466 e. The molecule has 0 spiro atoms. The summed E-state index contributed by atoms with van der Waals surface area (Å²) in [7, 11) is 4.11. The third-order valence-corrected chi connectivity index (χ3v) is 4.03. The van der Waals surface area contributed by atoms with Crippen molar-refractivity contribution in [3.8, 4) is 0 Å². The van der Waals surface area contributed by atoms with Crippen molar-refractivity contribution in [3.05, 3.63) is 40.8 Å². The molecule has 1 aromatic rings. The van der Waals surface area contributed by atoms with Gasteiger partial charge < -0.3 is 9.47 Å². The molecule has 0 aliphatic carbocycles. The van der Waals surface area contributed by atoms with E-state index in [-0.39, 0.29) is 10.8 Å². The lowest BCUT2D eigenvalue weighted by atomic mass is 10.2. The van der Waals surface area contributed by atoms with Crippen LogP contribution < -0.4 is 0 Å². The van der Waals surface area contributed by atoms with Gasteiger partial charge in [-0.3, -0.25) is 9.69 Å². The molecule has 8 heteroatoms. The second kappa shape index (κ2) is 7.10. The summed E-state index contributed by atoms with van der Waals surface area (Å²) >= 11 is 1.08. The Balaban J connectivity index is 2.23. The first-order chi connectivity index (χ1) is 11.0. The lowest BCUT2D eigenvalue weighted by molar-refractivity contribution is -0.135. The van der Waals surface area contributed by atoms with Gasteiger partial charge in [0.2, 0.25) is 0 Å². The summed E-state index contributed by atoms with van der Waals surface area (Å²) in [5, 5.41) is 0.427. The van der Waals surface area contributed by atoms with Gasteiger partial charge in [0.1, 0.15) is 0 Å². The van der Waals surface area contributed by atoms with Gasteiger partial charge in [-0.15, -0.1) is 0 Å². The summed E-state index contributed by atoms with van der Waals surface area (Å²) in [5.74, 6) is -1.36. The molecule has 1 aliphatic heterocycles. The van der Waals surface area contributed by atoms with E-state index >= 15 is 0 Å². The van der Waals surface area contributed by atoms with Crippen molar-refractivity contribution in [2.75, 3.05) is 21.3 Å². The number of hydrogen-bond donors (Lipinski definition) is 0. The molecule has 0 bridgehead atoms. The molecule has 7 nitrogen and oxygen atoms in total. The van der Waals surface area contributed by atoms with Crippen LogP contribution in [0.4, 0.5) is 5.69 Å². The number of amidine groups is 1. The van der Waals surface area contributed by atoms with Crippen LogP contribution in [0.2, 0.25) is 0 Å². The van der Waals surface area contributed by atoms with E-state index in [9.17, 15) is 14.4 Å². The average molecular weight is 334 g/mol. The van der Waals surface area contributed by atoms with E-state index in [0.29, 0.717) is 16.4 Å². The Hall–Kier alpha value is -2.61. The normalized spacial score (nSPS) is 17.7. The number of carbonyl (C=O) groups excluding carboxylic acids is 3. The second-order valence-corrected chi connectivity index (χ2v) is 5.44. The molecule has 0 atom stereocenters. The SMILES string of the molecule is COC(=O)/C=C1/SC(=Nc2ccc(C(=O)OC)cc2)N(C)C1=O. The van der Waals surface area contributed by atoms with Gasteiger partial charge in [-0.1, -0.05) is 0 Å². The van der Waals surface area contributed by atoms with Crippen molar-refractivity contribution in [1.29, 1.82) is 0 Å². The van der Waals surface area contributed by atoms with Crippen molar-refractivity contribution in [3.63, 3.8) is 0 Å². The first-order valence-electron chi connectivity index (χ1n) is 6.49. The Bertz CT molecular complexity index is 709. The molecule has 1 amide bonds. The molecule has 23 heavy (non-hydrogen) atoms. The van der Waals surface area contributed by atoms with Crippen LogP contribution in [-0.4, -0.2) is 49.2 Å². The third kappa shape index (κ3) is 3.78. The molecule has 1 heterocycles. The number of ether oxygens (including phenoxy) is 2. The highest BCUT2D eigenvalue weighted by atomic mass is 32.2. The number of rotatable bonds is 3. The summed E-state index contributed by atoms with van der Waals surface area (Å²) in [6.07, 6.45) is 1.13. The molecule has 1 fully saturated rings. The Labute approximate surface area is 137 Å². The fraction of sp³-hybridized carbons (Fsp3) is 0.200. The predicted molar refractivity (Wildman–Crippen MR) is 85.3 cm³/mol. The zero-order valence-electron chi connectivity index (χ0n) is 12.7. The quantitative estimate of drug-likeness (QED) is 0.618. The Kier molecular flexibility index (Phi) is 5.17. The molecule has 1 saturated heterocycles. The summed E-state index contributed by atoms with van der Waals surface area (Å²) in [5.41, 5.74) is 0.977. The highest BCUT2D eigenvalue weighted by Gasteiger charge is 2.31. The van der Waals surface area contributed by atoms with Gasteiger partial charge in [-0.05, 0) is 36.0 Å². The maximum atomic E-state index is 12.0. The van der Waals surface area contributed by atoms with Gasteiger partial charge in [0.05, 0.1) is 30.4 Å². The van der Waals surface area contributed by atoms with E-state index in [2.05, 4.69) is 14.5 Å². The summed E-state index contributed by atoms with van der Waals surface area (Å²) < 4.78 is 9.13. The predicted octanol–water partition coefficient (Wildman–Crippen LogP) is 1.72. The van der Waals surface area contributed by atoms with Crippen LogP contribution in [0.25, 0.3) is 0 Å². The highest BCUT2D eigenvalue weighted by Crippen LogP contribution is 2.31. The van der Waals surface area contributed by atoms with Crippen LogP contribution in [0.15, 0.2) is 40.2 Å². The number of methoxy groups -OCH3 is 2. The third-order valence-electron chi connectivity index (χ3n) is 2.97. The van der Waals surface area contributed by atoms with Crippen molar-refractivity contribution in [1.82, 2.24) is 4.90 Å². The van der Waals surface area contributed by atoms with Crippen molar-refractivity contribution in [2.24, 2.45) is 4.99 Å². The zero-order valence-corrected chi connectivity index (χ0v) is 13.5. The van der Waals surface area contributed by atoms with Crippen LogP contribution in [-0.2, 0) is 19.1 Å². The molecule has 0 saturated carbocycles. The standard InChI is InChI=1S/C15H14N2O5S/c1-17-13(19)11(8-12(18)21-2)23-15(17)16-10-6-4-9(5-7-10)14(20)22-3/h4-8H,1-3H3/b11-8+,16-15?. The second-order valence-electron chi connectivity index (χ2n) is 4.43. The number of nitrogens with zero attached hydrogens (tertiary/aromatic N) is 2. The number of aliphatic imine (C=N–C) groups is 1. The topological polar surface area (TPSA) is 85.3 Å². The van der Waals surface area contributed by atoms with Crippen molar-refractivity contribution in [2.45, 2.75) is 0 Å². The minimum Gasteiger partial charge on any atom is -0.466 e. The fourth-order valence-corrected chi connectivity index (χ4v) is 2.66. The Morgan fingerprint density at radius 3 is 2.39 bits per heavy atom. The smallest absolute Gasteiger partial charge is 0.337 e. The highest BCUT2D eigenvalue weighted by molar-refractivity contribution is 8.18. The summed E-state index contributed by atoms with van der Waals surface area (Å²) in [6, 6.07) is 6.44. The summed E-state index contributed by atoms with van der Waals surface area (Å²) in [6.45, 7) is 0. The van der Waals surface area contributed by atoms with Crippen LogP contribution in [0.1, 0.15) is 10.4 Å². The van der Waals surface area contributed by atoms with E-state index in [1.54, 1.807) is 31.3 Å². The Morgan fingerprint density at radius 2 is 1.83 bits per heavy atom. The summed E-state index contributed by atoms with van der Waals surface area (Å²) in [4.78, 5) is 40.6. The minimum atomic E-state index is -0.599. The van der Waals surface area contributed by atoms with Crippen LogP contribution in [0, 0.1) is 0 Å². The Morgan fingerprint density at radius 1 is 1.17 bits per heavy atom. The van der Waals surface area contributed by atoms with Gasteiger partial charge in [-0.25, -0.2) is 14.6 Å². The van der Waals surface area contributed by atoms with Crippen molar-refractivity contribution >= 4 is 40.5 Å². The maximum Gasteiger partial charge on any atom is 0.337 e. The zero-order chi connectivity index (χ0) is 17.0. The average Bonchev–Trinajstić information content (AvgIpc) is 2.82. The lowest BCUT2D eigenvalue weighted by Gasteiger charge is -2.07. The van der Waals surface area contributed by atoms with Crippen LogP contribution in [0.3, 0.4) is 0 Å². The molecule has 1 aromatic carbocycles. The van der Waals surface area contributed by atoms with Gasteiger partial charge >= 0.3 is 11.9 Å². The van der Waals surface area contributed by atoms with Gasteiger partial charge in [0.15, 0.2) is 5.17 Å². The molecule has 120 valence electrons. The molecule has 0 N–H and O–H groups in total. The molecule has 0 aromatic heterocycles. The molecule has 0 radical (unpaired) electrons. The molecular formula is C15H14N2O5S. The van der Waals surface area contributed by atoms with Crippen molar-refractivity contribution < 1.29 is 23.9 Å². The number of likely N-dealkylation sites (N-methyl/N-ethyl adjacent to an activating group) is 1. The van der Waals surface area contributed by atoms with E-state index < -0.39 is 11.9 Å². The number of hydrogen-bond acceptors (Lipinski definition) is 7. The first kappa shape index (κ1) is 16.8. The molecular weight excluding hydrogens is 320 g/mol. The number of amides is 1. The van der Waals surface area contributed by atoms with E-state index in [1.807, 2.05) is 0 Å². The minimum absolute atomic E-state index is 0.240.